The number of anilines is 1. The summed E-state index contributed by atoms with van der Waals surface area (Å²) < 4.78 is 0. The van der Waals surface area contributed by atoms with Crippen molar-refractivity contribution in [2.24, 2.45) is 0 Å². The van der Waals surface area contributed by atoms with E-state index in [1.165, 1.54) is 11.3 Å². The van der Waals surface area contributed by atoms with Gasteiger partial charge in [0, 0.05) is 19.3 Å². The van der Waals surface area contributed by atoms with Gasteiger partial charge in [0.15, 0.2) is 5.13 Å². The van der Waals surface area contributed by atoms with Crippen LogP contribution in [-0.2, 0) is 0 Å². The molecule has 0 amide bonds. The molecule has 6 heteroatoms. The molecule has 0 saturated carbocycles. The number of aromatic nitrogens is 1. The molecule has 1 heterocycles. The summed E-state index contributed by atoms with van der Waals surface area (Å²) in [5, 5.41) is 9.93. The molecule has 0 radical (unpaired) electrons. The zero-order valence-corrected chi connectivity index (χ0v) is 12.2. The monoisotopic (exact) mass is 274 g/mol. The molecule has 0 aliphatic heterocycles. The predicted molar refractivity (Wildman–Crippen MR) is 74.8 cm³/mol. The lowest BCUT2D eigenvalue weighted by atomic mass is 10.1. The van der Waals surface area contributed by atoms with Gasteiger partial charge in [0.25, 0.3) is 0 Å². The molecule has 0 bridgehead atoms. The fourth-order valence-corrected chi connectivity index (χ4v) is 2.86. The third kappa shape index (κ3) is 3.61. The van der Waals surface area contributed by atoms with Crippen molar-refractivity contribution in [3.63, 3.8) is 0 Å². The number of thioether (sulfide) groups is 1. The Kier molecular flexibility index (Phi) is 5.27. The van der Waals surface area contributed by atoms with Crippen molar-refractivity contribution in [2.75, 3.05) is 30.5 Å². The van der Waals surface area contributed by atoms with Crippen molar-refractivity contribution in [1.29, 1.82) is 0 Å². The molecule has 0 atom stereocenters. The molecule has 0 unspecified atom stereocenters. The van der Waals surface area contributed by atoms with Crippen molar-refractivity contribution in [3.8, 4) is 0 Å². The maximum absolute atomic E-state index is 11.1. The summed E-state index contributed by atoms with van der Waals surface area (Å²) in [6.45, 7) is 4.81. The van der Waals surface area contributed by atoms with Crippen LogP contribution in [0.25, 0.3) is 0 Å². The molecule has 4 nitrogen and oxygen atoms in total. The molecule has 0 aliphatic rings. The van der Waals surface area contributed by atoms with Crippen molar-refractivity contribution in [2.45, 2.75) is 19.8 Å². The van der Waals surface area contributed by atoms with Gasteiger partial charge in [-0.1, -0.05) is 25.2 Å². The van der Waals surface area contributed by atoms with E-state index < -0.39 is 5.97 Å². The Bertz CT molecular complexity index is 391. The summed E-state index contributed by atoms with van der Waals surface area (Å²) in [6.07, 6.45) is 2.05. The van der Waals surface area contributed by atoms with E-state index in [-0.39, 0.29) is 5.92 Å². The summed E-state index contributed by atoms with van der Waals surface area (Å²) in [4.78, 5) is 17.9. The second-order valence-corrected chi connectivity index (χ2v) is 6.05. The fourth-order valence-electron chi connectivity index (χ4n) is 1.35. The molecule has 1 aromatic heterocycles. The van der Waals surface area contributed by atoms with Crippen molar-refractivity contribution in [3.05, 3.63) is 10.6 Å². The van der Waals surface area contributed by atoms with Crippen LogP contribution in [0.15, 0.2) is 0 Å². The number of carbonyl (C=O) groups is 1. The molecule has 0 saturated heterocycles. The number of carboxylic acids is 1. The van der Waals surface area contributed by atoms with Crippen LogP contribution in [0.1, 0.15) is 35.1 Å². The molecule has 0 spiro atoms. The lowest BCUT2D eigenvalue weighted by Crippen LogP contribution is -2.19. The first-order valence-corrected chi connectivity index (χ1v) is 7.62. The smallest absolute Gasteiger partial charge is 0.347 e. The number of aromatic carboxylic acids is 1. The van der Waals surface area contributed by atoms with Gasteiger partial charge in [-0.25, -0.2) is 9.78 Å². The minimum absolute atomic E-state index is 0.139. The maximum Gasteiger partial charge on any atom is 0.347 e. The number of rotatable bonds is 6. The average molecular weight is 274 g/mol. The van der Waals surface area contributed by atoms with Crippen molar-refractivity contribution < 1.29 is 9.90 Å². The number of nitrogens with zero attached hydrogens (tertiary/aromatic N) is 2. The molecule has 0 fully saturated rings. The zero-order chi connectivity index (χ0) is 13.0. The molecule has 17 heavy (non-hydrogen) atoms. The molecule has 96 valence electrons. The van der Waals surface area contributed by atoms with Crippen LogP contribution >= 0.6 is 23.1 Å². The van der Waals surface area contributed by atoms with E-state index in [9.17, 15) is 4.79 Å². The number of thiazole rings is 1. The van der Waals surface area contributed by atoms with Crippen LogP contribution in [0.5, 0.6) is 0 Å². The lowest BCUT2D eigenvalue weighted by molar-refractivity contribution is 0.0700. The zero-order valence-electron chi connectivity index (χ0n) is 10.6. The number of hydrogen-bond donors (Lipinski definition) is 1. The lowest BCUT2D eigenvalue weighted by Gasteiger charge is -2.14. The van der Waals surface area contributed by atoms with Gasteiger partial charge in [0.2, 0.25) is 0 Å². The van der Waals surface area contributed by atoms with Gasteiger partial charge in [-0.2, -0.15) is 11.8 Å². The molecule has 1 aromatic rings. The highest BCUT2D eigenvalue weighted by Crippen LogP contribution is 2.30. The van der Waals surface area contributed by atoms with Crippen LogP contribution in [0.3, 0.4) is 0 Å². The highest BCUT2D eigenvalue weighted by molar-refractivity contribution is 7.98. The highest BCUT2D eigenvalue weighted by atomic mass is 32.2. The number of hydrogen-bond acceptors (Lipinski definition) is 5. The van der Waals surface area contributed by atoms with E-state index in [0.717, 1.165) is 17.4 Å². The Balaban J connectivity index is 2.95. The average Bonchev–Trinajstić information content (AvgIpc) is 2.70. The quantitative estimate of drug-likeness (QED) is 0.864. The molecule has 1 rings (SSSR count). The summed E-state index contributed by atoms with van der Waals surface area (Å²) in [5.74, 6) is 0.269. The largest absolute Gasteiger partial charge is 0.477 e. The number of carboxylic acid groups (broad SMARTS) is 1. The summed E-state index contributed by atoms with van der Waals surface area (Å²) in [5.41, 5.74) is 0.688. The second kappa shape index (κ2) is 6.26. The molecule has 1 N–H and O–H groups in total. The first kappa shape index (κ1) is 14.3. The topological polar surface area (TPSA) is 53.4 Å². The summed E-state index contributed by atoms with van der Waals surface area (Å²) >= 11 is 3.03. The van der Waals surface area contributed by atoms with Crippen LogP contribution in [0.2, 0.25) is 0 Å². The predicted octanol–water partition coefficient (Wildman–Crippen LogP) is 2.76. The fraction of sp³-hybridized carbons (Fsp3) is 0.636. The van der Waals surface area contributed by atoms with Crippen LogP contribution in [0, 0.1) is 0 Å². The van der Waals surface area contributed by atoms with Crippen LogP contribution in [-0.4, -0.2) is 41.7 Å². The van der Waals surface area contributed by atoms with Crippen LogP contribution < -0.4 is 4.90 Å². The van der Waals surface area contributed by atoms with Gasteiger partial charge in [-0.05, 0) is 12.2 Å². The summed E-state index contributed by atoms with van der Waals surface area (Å²) in [6, 6.07) is 0. The van der Waals surface area contributed by atoms with Crippen molar-refractivity contribution in [1.82, 2.24) is 4.98 Å². The standard InChI is InChI=1S/C11H18N2O2S2/c1-7(2)8-9(10(14)15)17-11(12-8)13(3)5-6-16-4/h7H,5-6H2,1-4H3,(H,14,15). The Labute approximate surface area is 110 Å². The SMILES string of the molecule is CSCCN(C)c1nc(C(C)C)c(C(=O)O)s1. The molecule has 0 aromatic carbocycles. The van der Waals surface area contributed by atoms with Gasteiger partial charge >= 0.3 is 5.97 Å². The summed E-state index contributed by atoms with van der Waals surface area (Å²) in [7, 11) is 1.95. The highest BCUT2D eigenvalue weighted by Gasteiger charge is 2.20. The van der Waals surface area contributed by atoms with Gasteiger partial charge in [-0.15, -0.1) is 0 Å². The third-order valence-corrected chi connectivity index (χ3v) is 4.10. The molecule has 0 aliphatic carbocycles. The Morgan fingerprint density at radius 3 is 2.65 bits per heavy atom. The van der Waals surface area contributed by atoms with E-state index in [1.807, 2.05) is 25.8 Å². The Morgan fingerprint density at radius 1 is 1.59 bits per heavy atom. The normalized spacial score (nSPS) is 10.9. The van der Waals surface area contributed by atoms with Gasteiger partial charge in [0.1, 0.15) is 4.88 Å². The minimum Gasteiger partial charge on any atom is -0.477 e. The third-order valence-electron chi connectivity index (χ3n) is 2.34. The van der Waals surface area contributed by atoms with Gasteiger partial charge in [0.05, 0.1) is 5.69 Å². The van der Waals surface area contributed by atoms with Crippen molar-refractivity contribution >= 4 is 34.2 Å². The second-order valence-electron chi connectivity index (χ2n) is 4.09. The molecular formula is C11H18N2O2S2. The maximum atomic E-state index is 11.1. The first-order valence-electron chi connectivity index (χ1n) is 5.41. The minimum atomic E-state index is -0.879. The Morgan fingerprint density at radius 2 is 2.24 bits per heavy atom. The van der Waals surface area contributed by atoms with Gasteiger partial charge in [-0.3, -0.25) is 0 Å². The van der Waals surface area contributed by atoms with E-state index >= 15 is 0 Å². The van der Waals surface area contributed by atoms with E-state index in [2.05, 4.69) is 11.2 Å². The van der Waals surface area contributed by atoms with Gasteiger partial charge < -0.3 is 10.0 Å². The van der Waals surface area contributed by atoms with E-state index in [0.29, 0.717) is 10.6 Å². The van der Waals surface area contributed by atoms with E-state index in [4.69, 9.17) is 5.11 Å². The Hall–Kier alpha value is -0.750. The van der Waals surface area contributed by atoms with E-state index in [1.54, 1.807) is 11.8 Å². The first-order chi connectivity index (χ1) is 7.97. The molecular weight excluding hydrogens is 256 g/mol. The van der Waals surface area contributed by atoms with Crippen LogP contribution in [0.4, 0.5) is 5.13 Å².